The summed E-state index contributed by atoms with van der Waals surface area (Å²) in [6.07, 6.45) is 3.61. The van der Waals surface area contributed by atoms with Crippen molar-refractivity contribution in [2.75, 3.05) is 20.7 Å². The molecule has 0 aromatic heterocycles. The lowest BCUT2D eigenvalue weighted by Gasteiger charge is -2.30. The van der Waals surface area contributed by atoms with Gasteiger partial charge in [-0.15, -0.1) is 0 Å². The number of amides is 1. The van der Waals surface area contributed by atoms with Gasteiger partial charge in [-0.3, -0.25) is 4.90 Å². The van der Waals surface area contributed by atoms with Gasteiger partial charge in [-0.25, -0.2) is 14.0 Å². The van der Waals surface area contributed by atoms with Gasteiger partial charge in [0.25, 0.3) is 0 Å². The first-order chi connectivity index (χ1) is 19.5. The molecule has 2 aromatic rings. The van der Waals surface area contributed by atoms with Crippen LogP contribution in [-0.2, 0) is 27.2 Å². The molecule has 1 amide bonds. The van der Waals surface area contributed by atoms with Gasteiger partial charge in [0.05, 0.1) is 13.7 Å². The normalized spacial score (nSPS) is 22.9. The fourth-order valence-corrected chi connectivity index (χ4v) is 6.30. The molecule has 1 saturated carbocycles. The highest BCUT2D eigenvalue weighted by Crippen LogP contribution is 2.40. The molecule has 1 aliphatic carbocycles. The van der Waals surface area contributed by atoms with Gasteiger partial charge in [0.1, 0.15) is 17.7 Å². The Hall–Kier alpha value is -2.84. The minimum Gasteiger partial charge on any atom is -0.485 e. The third-order valence-corrected chi connectivity index (χ3v) is 8.17. The van der Waals surface area contributed by atoms with E-state index in [0.717, 1.165) is 32.2 Å². The number of hydrogen-bond acceptors (Lipinski definition) is 6. The molecule has 224 valence electrons. The average Bonchev–Trinajstić information content (AvgIpc) is 3.35. The first kappa shape index (κ1) is 31.1. The molecule has 0 spiro atoms. The topological polar surface area (TPSA) is 77.1 Å². The number of halogens is 2. The van der Waals surface area contributed by atoms with Crippen molar-refractivity contribution in [2.24, 2.45) is 5.92 Å². The zero-order valence-electron chi connectivity index (χ0n) is 24.7. The van der Waals surface area contributed by atoms with Crippen molar-refractivity contribution in [3.63, 3.8) is 0 Å². The van der Waals surface area contributed by atoms with Crippen molar-refractivity contribution < 1.29 is 28.2 Å². The first-order valence-electron chi connectivity index (χ1n) is 14.4. The van der Waals surface area contributed by atoms with Gasteiger partial charge in [0.15, 0.2) is 11.6 Å². The molecule has 4 rings (SSSR count). The SMILES string of the molecule is CNCc1ccccc1C1CCC(Cc2cc(Cl)cc(O[C@H]3C[C@@H](C(=O)OC)N(C(=O)OC(C)(C)C)C3)c2F)CC1. The van der Waals surface area contributed by atoms with E-state index in [4.69, 9.17) is 25.8 Å². The van der Waals surface area contributed by atoms with Crippen LogP contribution >= 0.6 is 11.6 Å². The van der Waals surface area contributed by atoms with E-state index in [0.29, 0.717) is 28.8 Å². The number of methoxy groups -OCH3 is 1. The van der Waals surface area contributed by atoms with Crippen LogP contribution < -0.4 is 10.1 Å². The summed E-state index contributed by atoms with van der Waals surface area (Å²) in [5, 5.41) is 3.65. The van der Waals surface area contributed by atoms with Crippen molar-refractivity contribution in [3.8, 4) is 5.75 Å². The summed E-state index contributed by atoms with van der Waals surface area (Å²) in [5.41, 5.74) is 2.54. The maximum absolute atomic E-state index is 15.8. The summed E-state index contributed by atoms with van der Waals surface area (Å²) in [4.78, 5) is 26.5. The van der Waals surface area contributed by atoms with Gasteiger partial charge in [-0.1, -0.05) is 35.9 Å². The highest BCUT2D eigenvalue weighted by atomic mass is 35.5. The Bertz CT molecular complexity index is 1230. The Kier molecular flexibility index (Phi) is 10.2. The standard InChI is InChI=1S/C32H42ClFN2O5/c1-32(2,3)41-31(38)36-19-25(17-27(36)30(37)39-5)40-28-16-24(33)15-23(29(28)34)14-20-10-12-21(13-11-20)26-9-7-6-8-22(26)18-35-4/h6-9,15-16,20-21,25,27,35H,10-14,17-19H2,1-5H3/t20?,21?,25-,27-/m0/s1. The van der Waals surface area contributed by atoms with Crippen LogP contribution in [0.25, 0.3) is 0 Å². The Morgan fingerprint density at radius 1 is 1.10 bits per heavy atom. The molecular formula is C32H42ClFN2O5. The molecule has 2 aromatic carbocycles. The van der Waals surface area contributed by atoms with Crippen LogP contribution in [0, 0.1) is 11.7 Å². The third kappa shape index (κ3) is 7.92. The second kappa shape index (κ2) is 13.4. The summed E-state index contributed by atoms with van der Waals surface area (Å²) in [7, 11) is 3.23. The maximum atomic E-state index is 15.8. The smallest absolute Gasteiger partial charge is 0.411 e. The number of nitrogens with zero attached hydrogens (tertiary/aromatic N) is 1. The van der Waals surface area contributed by atoms with Crippen LogP contribution in [0.5, 0.6) is 5.75 Å². The highest BCUT2D eigenvalue weighted by molar-refractivity contribution is 6.30. The van der Waals surface area contributed by atoms with E-state index in [1.54, 1.807) is 26.8 Å². The fraction of sp³-hybridized carbons (Fsp3) is 0.562. The molecule has 1 aliphatic heterocycles. The van der Waals surface area contributed by atoms with Crippen molar-refractivity contribution in [1.82, 2.24) is 10.2 Å². The van der Waals surface area contributed by atoms with Crippen LogP contribution in [0.3, 0.4) is 0 Å². The lowest BCUT2D eigenvalue weighted by molar-refractivity contribution is -0.145. The van der Waals surface area contributed by atoms with Gasteiger partial charge in [-0.05, 0) is 94.5 Å². The van der Waals surface area contributed by atoms with E-state index in [1.807, 2.05) is 7.05 Å². The van der Waals surface area contributed by atoms with Gasteiger partial charge >= 0.3 is 12.1 Å². The van der Waals surface area contributed by atoms with Gasteiger partial charge in [0, 0.05) is 24.1 Å². The van der Waals surface area contributed by atoms with Gasteiger partial charge in [-0.2, -0.15) is 0 Å². The summed E-state index contributed by atoms with van der Waals surface area (Å²) in [5.74, 6) is -0.125. The quantitative estimate of drug-likeness (QED) is 0.348. The molecule has 0 unspecified atom stereocenters. The number of nitrogens with one attached hydrogen (secondary N) is 1. The number of hydrogen-bond donors (Lipinski definition) is 1. The number of esters is 1. The number of carbonyl (C=O) groups excluding carboxylic acids is 2. The number of rotatable bonds is 8. The lowest BCUT2D eigenvalue weighted by Crippen LogP contribution is -2.44. The molecule has 1 N–H and O–H groups in total. The average molecular weight is 589 g/mol. The monoisotopic (exact) mass is 588 g/mol. The van der Waals surface area contributed by atoms with E-state index in [1.165, 1.54) is 29.2 Å². The summed E-state index contributed by atoms with van der Waals surface area (Å²) in [6, 6.07) is 10.9. The van der Waals surface area contributed by atoms with Crippen LogP contribution in [0.4, 0.5) is 9.18 Å². The van der Waals surface area contributed by atoms with Gasteiger partial charge in [0.2, 0.25) is 0 Å². The molecule has 0 bridgehead atoms. The molecule has 9 heteroatoms. The molecule has 2 fully saturated rings. The fourth-order valence-electron chi connectivity index (χ4n) is 6.07. The van der Waals surface area contributed by atoms with E-state index >= 15 is 4.39 Å². The first-order valence-corrected chi connectivity index (χ1v) is 14.8. The number of likely N-dealkylation sites (tertiary alicyclic amines) is 1. The van der Waals surface area contributed by atoms with E-state index in [-0.39, 0.29) is 18.7 Å². The molecular weight excluding hydrogens is 547 g/mol. The van der Waals surface area contributed by atoms with Crippen LogP contribution in [0.1, 0.15) is 75.5 Å². The summed E-state index contributed by atoms with van der Waals surface area (Å²) < 4.78 is 32.2. The molecule has 41 heavy (non-hydrogen) atoms. The largest absolute Gasteiger partial charge is 0.485 e. The number of carbonyl (C=O) groups is 2. The summed E-state index contributed by atoms with van der Waals surface area (Å²) >= 11 is 6.42. The zero-order valence-corrected chi connectivity index (χ0v) is 25.4. The van der Waals surface area contributed by atoms with Crippen LogP contribution in [-0.4, -0.2) is 55.4 Å². The molecule has 0 radical (unpaired) electrons. The highest BCUT2D eigenvalue weighted by Gasteiger charge is 2.43. The lowest BCUT2D eigenvalue weighted by atomic mass is 9.75. The molecule has 7 nitrogen and oxygen atoms in total. The number of ether oxygens (including phenoxy) is 3. The maximum Gasteiger partial charge on any atom is 0.411 e. The Morgan fingerprint density at radius 2 is 1.80 bits per heavy atom. The second-order valence-corrected chi connectivity index (χ2v) is 12.6. The van der Waals surface area contributed by atoms with Crippen molar-refractivity contribution in [2.45, 2.75) is 89.5 Å². The minimum atomic E-state index is -0.880. The van der Waals surface area contributed by atoms with Gasteiger partial charge < -0.3 is 19.5 Å². The zero-order chi connectivity index (χ0) is 29.7. The minimum absolute atomic E-state index is 0.0295. The van der Waals surface area contributed by atoms with E-state index in [9.17, 15) is 9.59 Å². The van der Waals surface area contributed by atoms with Crippen molar-refractivity contribution >= 4 is 23.7 Å². The van der Waals surface area contributed by atoms with Crippen LogP contribution in [0.2, 0.25) is 5.02 Å². The summed E-state index contributed by atoms with van der Waals surface area (Å²) in [6.45, 7) is 6.17. The Balaban J connectivity index is 1.42. The molecule has 1 heterocycles. The van der Waals surface area contributed by atoms with E-state index < -0.39 is 35.6 Å². The number of benzene rings is 2. The predicted octanol–water partition coefficient (Wildman–Crippen LogP) is 6.64. The molecule has 2 aliphatic rings. The van der Waals surface area contributed by atoms with Crippen molar-refractivity contribution in [1.29, 1.82) is 0 Å². The second-order valence-electron chi connectivity index (χ2n) is 12.2. The third-order valence-electron chi connectivity index (χ3n) is 7.95. The Morgan fingerprint density at radius 3 is 2.46 bits per heavy atom. The van der Waals surface area contributed by atoms with Crippen LogP contribution in [0.15, 0.2) is 36.4 Å². The predicted molar refractivity (Wildman–Crippen MR) is 157 cm³/mol. The molecule has 2 atom stereocenters. The van der Waals surface area contributed by atoms with Crippen molar-refractivity contribution in [3.05, 3.63) is 63.9 Å². The Labute approximate surface area is 247 Å². The molecule has 1 saturated heterocycles. The van der Waals surface area contributed by atoms with E-state index in [2.05, 4.69) is 29.6 Å².